The molecule has 1 heterocycles. The first-order chi connectivity index (χ1) is 12.4. The Morgan fingerprint density at radius 2 is 1.92 bits per heavy atom. The van der Waals surface area contributed by atoms with Gasteiger partial charge in [-0.1, -0.05) is 6.07 Å². The highest BCUT2D eigenvalue weighted by molar-refractivity contribution is 7.80. The van der Waals surface area contributed by atoms with Gasteiger partial charge in [0, 0.05) is 6.08 Å². The van der Waals surface area contributed by atoms with Crippen LogP contribution in [0.4, 0.5) is 0 Å². The van der Waals surface area contributed by atoms with Crippen LogP contribution >= 0.6 is 12.2 Å². The molecule has 7 nitrogen and oxygen atoms in total. The molecule has 26 heavy (non-hydrogen) atoms. The van der Waals surface area contributed by atoms with Gasteiger partial charge in [-0.05, 0) is 67.5 Å². The zero-order valence-electron chi connectivity index (χ0n) is 14.4. The smallest absolute Gasteiger partial charge is 0.276 e. The van der Waals surface area contributed by atoms with Crippen molar-refractivity contribution in [1.82, 2.24) is 16.2 Å². The first kappa shape index (κ1) is 19.2. The molecule has 0 saturated carbocycles. The van der Waals surface area contributed by atoms with Crippen LogP contribution in [0.25, 0.3) is 6.08 Å². The van der Waals surface area contributed by atoms with Gasteiger partial charge in [0.2, 0.25) is 5.91 Å². The molecule has 0 bridgehead atoms. The number of carbonyl (C=O) groups excluding carboxylic acids is 2. The van der Waals surface area contributed by atoms with Crippen LogP contribution in [0, 0.1) is 13.8 Å². The summed E-state index contributed by atoms with van der Waals surface area (Å²) in [6.07, 6.45) is 4.26. The highest BCUT2D eigenvalue weighted by atomic mass is 32.1. The maximum absolute atomic E-state index is 11.8. The summed E-state index contributed by atoms with van der Waals surface area (Å²) in [5, 5.41) is 2.34. The Hall–Kier alpha value is -3.13. The van der Waals surface area contributed by atoms with Crippen molar-refractivity contribution in [2.45, 2.75) is 13.8 Å². The summed E-state index contributed by atoms with van der Waals surface area (Å²) in [6.45, 7) is 3.71. The highest BCUT2D eigenvalue weighted by Crippen LogP contribution is 2.15. The Morgan fingerprint density at radius 1 is 1.19 bits per heavy atom. The summed E-state index contributed by atoms with van der Waals surface area (Å²) in [5.41, 5.74) is 6.87. The van der Waals surface area contributed by atoms with Gasteiger partial charge >= 0.3 is 0 Å². The van der Waals surface area contributed by atoms with Gasteiger partial charge in [0.25, 0.3) is 5.91 Å². The lowest BCUT2D eigenvalue weighted by Gasteiger charge is -2.11. The normalized spacial score (nSPS) is 10.4. The zero-order valence-corrected chi connectivity index (χ0v) is 15.2. The van der Waals surface area contributed by atoms with Crippen molar-refractivity contribution in [3.63, 3.8) is 0 Å². The Balaban J connectivity index is 1.69. The predicted molar refractivity (Wildman–Crippen MR) is 101 cm³/mol. The van der Waals surface area contributed by atoms with Crippen LogP contribution < -0.4 is 20.9 Å². The number of hydrazine groups is 1. The molecule has 2 amide bonds. The third kappa shape index (κ3) is 6.78. The third-order valence-electron chi connectivity index (χ3n) is 3.06. The van der Waals surface area contributed by atoms with E-state index in [1.807, 2.05) is 32.0 Å². The molecule has 1 aromatic carbocycles. The number of hydrogen-bond donors (Lipinski definition) is 3. The second kappa shape index (κ2) is 9.38. The average Bonchev–Trinajstić information content (AvgIpc) is 3.09. The largest absolute Gasteiger partial charge is 0.484 e. The molecule has 1 aromatic heterocycles. The molecule has 0 spiro atoms. The fourth-order valence-electron chi connectivity index (χ4n) is 2.06. The van der Waals surface area contributed by atoms with Crippen LogP contribution in [0.5, 0.6) is 5.75 Å². The first-order valence-electron chi connectivity index (χ1n) is 7.75. The number of carbonyl (C=O) groups is 2. The van der Waals surface area contributed by atoms with E-state index >= 15 is 0 Å². The van der Waals surface area contributed by atoms with Crippen LogP contribution in [-0.2, 0) is 9.59 Å². The van der Waals surface area contributed by atoms with Gasteiger partial charge in [0.15, 0.2) is 11.7 Å². The quantitative estimate of drug-likeness (QED) is 0.422. The lowest BCUT2D eigenvalue weighted by Crippen LogP contribution is -2.49. The number of hydrogen-bond acceptors (Lipinski definition) is 5. The van der Waals surface area contributed by atoms with Crippen molar-refractivity contribution >= 4 is 35.2 Å². The number of rotatable bonds is 5. The Morgan fingerprint density at radius 3 is 2.58 bits per heavy atom. The zero-order chi connectivity index (χ0) is 18.9. The van der Waals surface area contributed by atoms with E-state index in [2.05, 4.69) is 16.2 Å². The van der Waals surface area contributed by atoms with Gasteiger partial charge < -0.3 is 9.15 Å². The second-order valence-corrected chi connectivity index (χ2v) is 5.86. The van der Waals surface area contributed by atoms with Gasteiger partial charge in [0.1, 0.15) is 11.5 Å². The van der Waals surface area contributed by atoms with Gasteiger partial charge in [0.05, 0.1) is 6.26 Å². The highest BCUT2D eigenvalue weighted by Gasteiger charge is 2.06. The molecule has 136 valence electrons. The molecule has 2 rings (SSSR count). The number of amides is 2. The molecule has 0 saturated heterocycles. The monoisotopic (exact) mass is 373 g/mol. The molecule has 0 atom stereocenters. The number of furan rings is 1. The number of nitrogens with one attached hydrogen (secondary N) is 3. The van der Waals surface area contributed by atoms with Crippen molar-refractivity contribution in [3.05, 3.63) is 59.6 Å². The fraction of sp³-hybridized carbons (Fsp3) is 0.167. The molecule has 0 radical (unpaired) electrons. The second-order valence-electron chi connectivity index (χ2n) is 5.45. The molecule has 2 aromatic rings. The average molecular weight is 373 g/mol. The lowest BCUT2D eigenvalue weighted by molar-refractivity contribution is -0.123. The maximum Gasteiger partial charge on any atom is 0.276 e. The predicted octanol–water partition coefficient (Wildman–Crippen LogP) is 2.01. The molecular formula is C18H19N3O4S. The van der Waals surface area contributed by atoms with Crippen LogP contribution in [0.3, 0.4) is 0 Å². The third-order valence-corrected chi connectivity index (χ3v) is 3.26. The SMILES string of the molecule is Cc1cc(C)cc(OCC(=O)NNC(=S)NC(=O)/C=C/c2ccco2)c1. The molecule has 0 fully saturated rings. The summed E-state index contributed by atoms with van der Waals surface area (Å²) < 4.78 is 10.5. The van der Waals surface area contributed by atoms with E-state index in [0.717, 1.165) is 11.1 Å². The summed E-state index contributed by atoms with van der Waals surface area (Å²) in [6, 6.07) is 9.10. The number of aryl methyl sites for hydroxylation is 2. The van der Waals surface area contributed by atoms with E-state index in [0.29, 0.717) is 11.5 Å². The molecule has 0 aliphatic heterocycles. The first-order valence-corrected chi connectivity index (χ1v) is 8.15. The van der Waals surface area contributed by atoms with Crippen LogP contribution in [0.1, 0.15) is 16.9 Å². The topological polar surface area (TPSA) is 92.6 Å². The van der Waals surface area contributed by atoms with Crippen LogP contribution in [-0.4, -0.2) is 23.5 Å². The summed E-state index contributed by atoms with van der Waals surface area (Å²) in [5.74, 6) is 0.249. The van der Waals surface area contributed by atoms with E-state index in [1.54, 1.807) is 12.1 Å². The van der Waals surface area contributed by atoms with E-state index in [9.17, 15) is 9.59 Å². The Labute approximate surface area is 156 Å². The summed E-state index contributed by atoms with van der Waals surface area (Å²) in [4.78, 5) is 23.4. The van der Waals surface area contributed by atoms with Crippen molar-refractivity contribution in [1.29, 1.82) is 0 Å². The minimum absolute atomic E-state index is 0.0427. The minimum Gasteiger partial charge on any atom is -0.484 e. The van der Waals surface area contributed by atoms with Crippen molar-refractivity contribution in [2.75, 3.05) is 6.61 Å². The Kier molecular flexibility index (Phi) is 6.92. The van der Waals surface area contributed by atoms with E-state index < -0.39 is 11.8 Å². The van der Waals surface area contributed by atoms with E-state index in [1.165, 1.54) is 18.4 Å². The van der Waals surface area contributed by atoms with Crippen molar-refractivity contribution < 1.29 is 18.7 Å². The van der Waals surface area contributed by atoms with Gasteiger partial charge in [-0.2, -0.15) is 0 Å². The van der Waals surface area contributed by atoms with Crippen LogP contribution in [0.2, 0.25) is 0 Å². The van der Waals surface area contributed by atoms with E-state index in [-0.39, 0.29) is 11.7 Å². The van der Waals surface area contributed by atoms with Gasteiger partial charge in [-0.25, -0.2) is 0 Å². The maximum atomic E-state index is 11.8. The molecule has 3 N–H and O–H groups in total. The van der Waals surface area contributed by atoms with Crippen LogP contribution in [0.15, 0.2) is 47.1 Å². The Bertz CT molecular complexity index is 796. The minimum atomic E-state index is -0.459. The molecule has 8 heteroatoms. The van der Waals surface area contributed by atoms with E-state index in [4.69, 9.17) is 21.4 Å². The van der Waals surface area contributed by atoms with Crippen molar-refractivity contribution in [3.8, 4) is 5.75 Å². The number of thiocarbonyl (C=S) groups is 1. The molecule has 0 aliphatic rings. The molecular weight excluding hydrogens is 354 g/mol. The summed E-state index contributed by atoms with van der Waals surface area (Å²) >= 11 is 4.92. The molecule has 0 aliphatic carbocycles. The number of ether oxygens (including phenoxy) is 1. The fourth-order valence-corrected chi connectivity index (χ4v) is 2.21. The standard InChI is InChI=1S/C18H19N3O4S/c1-12-8-13(2)10-15(9-12)25-11-17(23)20-21-18(26)19-16(22)6-5-14-4-3-7-24-14/h3-10H,11H2,1-2H3,(H,20,23)(H2,19,21,22,26)/b6-5+. The molecule has 0 unspecified atom stereocenters. The lowest BCUT2D eigenvalue weighted by atomic mass is 10.1. The number of benzene rings is 1. The van der Waals surface area contributed by atoms with Gasteiger partial charge in [-0.3, -0.25) is 25.8 Å². The summed E-state index contributed by atoms with van der Waals surface area (Å²) in [7, 11) is 0. The van der Waals surface area contributed by atoms with Gasteiger partial charge in [-0.15, -0.1) is 0 Å². The van der Waals surface area contributed by atoms with Crippen molar-refractivity contribution in [2.24, 2.45) is 0 Å².